The molecule has 1 fully saturated rings. The Labute approximate surface area is 202 Å². The van der Waals surface area contributed by atoms with E-state index in [0.29, 0.717) is 19.7 Å². The minimum Gasteiger partial charge on any atom is -0.450 e. The number of nitrogens with one attached hydrogen (secondary N) is 1. The number of benzene rings is 1. The Morgan fingerprint density at radius 1 is 1.19 bits per heavy atom. The molecule has 1 aromatic heterocycles. The number of aryl methyl sites for hydroxylation is 1. The summed E-state index contributed by atoms with van der Waals surface area (Å²) in [7, 11) is 0. The first-order valence-corrected chi connectivity index (χ1v) is 12.9. The number of nitrogens with zero attached hydrogens (tertiary/aromatic N) is 2. The molecule has 1 atom stereocenters. The normalized spacial score (nSPS) is 17.5. The summed E-state index contributed by atoms with van der Waals surface area (Å²) < 4.78 is 6.24. The van der Waals surface area contributed by atoms with Gasteiger partial charge in [0.25, 0.3) is 0 Å². The Bertz CT molecular complexity index is 985. The van der Waals surface area contributed by atoms with Crippen LogP contribution in [0.3, 0.4) is 0 Å². The van der Waals surface area contributed by atoms with Gasteiger partial charge in [-0.2, -0.15) is 0 Å². The third kappa shape index (κ3) is 5.02. The Morgan fingerprint density at radius 3 is 2.62 bits per heavy atom. The first kappa shape index (κ1) is 23.3. The number of ether oxygens (including phenoxy) is 1. The van der Waals surface area contributed by atoms with Crippen LogP contribution >= 0.6 is 27.3 Å². The van der Waals surface area contributed by atoms with Crippen LogP contribution in [0.15, 0.2) is 28.7 Å². The van der Waals surface area contributed by atoms with Crippen LogP contribution in [0.4, 0.5) is 9.80 Å². The first-order valence-electron chi connectivity index (χ1n) is 11.3. The first-order chi connectivity index (χ1) is 15.5. The molecule has 6 nitrogen and oxygen atoms in total. The second kappa shape index (κ2) is 10.4. The maximum atomic E-state index is 12.2. The molecule has 1 saturated heterocycles. The van der Waals surface area contributed by atoms with Gasteiger partial charge in [0.2, 0.25) is 5.91 Å². The number of rotatable bonds is 5. The van der Waals surface area contributed by atoms with Crippen LogP contribution in [0, 0.1) is 0 Å². The van der Waals surface area contributed by atoms with E-state index in [-0.39, 0.29) is 18.0 Å². The lowest BCUT2D eigenvalue weighted by atomic mass is 9.88. The highest BCUT2D eigenvalue weighted by atomic mass is 79.9. The number of hydrogen-bond acceptors (Lipinski definition) is 5. The zero-order valence-electron chi connectivity index (χ0n) is 18.7. The number of amides is 2. The van der Waals surface area contributed by atoms with Crippen molar-refractivity contribution in [3.05, 3.63) is 50.3 Å². The highest BCUT2D eigenvalue weighted by Crippen LogP contribution is 2.45. The van der Waals surface area contributed by atoms with Crippen LogP contribution in [0.1, 0.15) is 54.3 Å². The summed E-state index contributed by atoms with van der Waals surface area (Å²) in [6.45, 7) is 6.56. The molecule has 1 N–H and O–H groups in total. The van der Waals surface area contributed by atoms with Gasteiger partial charge in [0, 0.05) is 48.0 Å². The number of anilines is 1. The fourth-order valence-corrected chi connectivity index (χ4v) is 6.53. The third-order valence-corrected chi connectivity index (χ3v) is 7.86. The van der Waals surface area contributed by atoms with Crippen LogP contribution in [-0.4, -0.2) is 54.6 Å². The second-order valence-corrected chi connectivity index (χ2v) is 10.3. The molecule has 2 aliphatic rings. The summed E-state index contributed by atoms with van der Waals surface area (Å²) in [6.07, 6.45) is 4.27. The highest BCUT2D eigenvalue weighted by molar-refractivity contribution is 9.10. The smallest absolute Gasteiger partial charge is 0.409 e. The van der Waals surface area contributed by atoms with E-state index in [1.807, 2.05) is 13.0 Å². The minimum absolute atomic E-state index is 0.0248. The van der Waals surface area contributed by atoms with Gasteiger partial charge in [0.1, 0.15) is 5.00 Å². The van der Waals surface area contributed by atoms with Gasteiger partial charge in [-0.3, -0.25) is 9.69 Å². The predicted octanol–water partition coefficient (Wildman–Crippen LogP) is 5.21. The number of piperazine rings is 1. The molecule has 0 radical (unpaired) electrons. The van der Waals surface area contributed by atoms with E-state index in [1.54, 1.807) is 23.2 Å². The molecule has 2 amide bonds. The van der Waals surface area contributed by atoms with E-state index in [2.05, 4.69) is 44.3 Å². The molecular weight excluding hydrogens is 490 g/mol. The molecule has 0 spiro atoms. The lowest BCUT2D eigenvalue weighted by molar-refractivity contribution is -0.114. The summed E-state index contributed by atoms with van der Waals surface area (Å²) in [4.78, 5) is 29.9. The van der Waals surface area contributed by atoms with Crippen molar-refractivity contribution >= 4 is 44.3 Å². The molecule has 8 heteroatoms. The van der Waals surface area contributed by atoms with Crippen molar-refractivity contribution in [2.45, 2.75) is 45.6 Å². The molecule has 0 bridgehead atoms. The molecule has 1 aliphatic carbocycles. The largest absolute Gasteiger partial charge is 0.450 e. The van der Waals surface area contributed by atoms with E-state index >= 15 is 0 Å². The van der Waals surface area contributed by atoms with Crippen LogP contribution in [-0.2, 0) is 22.4 Å². The number of carbonyl (C=O) groups is 2. The van der Waals surface area contributed by atoms with Crippen LogP contribution < -0.4 is 5.32 Å². The summed E-state index contributed by atoms with van der Waals surface area (Å²) >= 11 is 5.38. The zero-order chi connectivity index (χ0) is 22.7. The molecule has 1 aliphatic heterocycles. The predicted molar refractivity (Wildman–Crippen MR) is 131 cm³/mol. The average Bonchev–Trinajstić information content (AvgIpc) is 3.12. The van der Waals surface area contributed by atoms with Crippen LogP contribution in [0.25, 0.3) is 0 Å². The fraction of sp³-hybridized carbons (Fsp3) is 0.500. The van der Waals surface area contributed by atoms with E-state index < -0.39 is 0 Å². The summed E-state index contributed by atoms with van der Waals surface area (Å²) in [5.74, 6) is -0.0371. The molecule has 2 heterocycles. The van der Waals surface area contributed by atoms with Gasteiger partial charge in [-0.15, -0.1) is 11.3 Å². The van der Waals surface area contributed by atoms with Gasteiger partial charge >= 0.3 is 6.09 Å². The lowest BCUT2D eigenvalue weighted by Crippen LogP contribution is -2.50. The third-order valence-electron chi connectivity index (χ3n) is 6.15. The zero-order valence-corrected chi connectivity index (χ0v) is 21.1. The Balaban J connectivity index is 1.73. The number of carbonyl (C=O) groups excluding carboxylic acids is 2. The fourth-order valence-electron chi connectivity index (χ4n) is 4.75. The van der Waals surface area contributed by atoms with Crippen molar-refractivity contribution < 1.29 is 14.3 Å². The minimum atomic E-state index is -0.238. The molecule has 1 aromatic carbocycles. The lowest BCUT2D eigenvalue weighted by Gasteiger charge is -2.40. The monoisotopic (exact) mass is 519 g/mol. The quantitative estimate of drug-likeness (QED) is 0.588. The van der Waals surface area contributed by atoms with Gasteiger partial charge in [0.05, 0.1) is 12.6 Å². The molecule has 4 rings (SSSR count). The number of thiophene rings is 1. The molecule has 2 aromatic rings. The van der Waals surface area contributed by atoms with E-state index in [4.69, 9.17) is 4.74 Å². The Kier molecular flexibility index (Phi) is 7.53. The van der Waals surface area contributed by atoms with Crippen molar-refractivity contribution in [1.82, 2.24) is 9.80 Å². The highest BCUT2D eigenvalue weighted by Gasteiger charge is 2.34. The van der Waals surface area contributed by atoms with Crippen LogP contribution in [0.5, 0.6) is 0 Å². The van der Waals surface area contributed by atoms with E-state index in [1.165, 1.54) is 34.4 Å². The van der Waals surface area contributed by atoms with Gasteiger partial charge in [-0.25, -0.2) is 4.79 Å². The SMILES string of the molecule is CCOC(=O)N1CCN(C(c2cccc(Br)c2)c2c(NC(C)=O)sc3c2CCCC3)CC1. The number of fused-ring (bicyclic) bond motifs is 1. The van der Waals surface area contributed by atoms with Crippen molar-refractivity contribution in [1.29, 1.82) is 0 Å². The topological polar surface area (TPSA) is 61.9 Å². The van der Waals surface area contributed by atoms with Crippen molar-refractivity contribution in [2.75, 3.05) is 38.1 Å². The number of hydrogen-bond donors (Lipinski definition) is 1. The second-order valence-electron chi connectivity index (χ2n) is 8.31. The summed E-state index contributed by atoms with van der Waals surface area (Å²) in [5.41, 5.74) is 3.84. The van der Waals surface area contributed by atoms with Gasteiger partial charge in [-0.1, -0.05) is 28.1 Å². The maximum Gasteiger partial charge on any atom is 0.409 e. The standard InChI is InChI=1S/C24H30BrN3O3S/c1-3-31-24(30)28-13-11-27(12-14-28)22(17-7-6-8-18(25)15-17)21-19-9-4-5-10-20(19)32-23(21)26-16(2)29/h6-8,15,22H,3-5,9-14H2,1-2H3,(H,26,29). The van der Waals surface area contributed by atoms with Crippen molar-refractivity contribution in [3.8, 4) is 0 Å². The van der Waals surface area contributed by atoms with Gasteiger partial charge in [-0.05, 0) is 55.9 Å². The summed E-state index contributed by atoms with van der Waals surface area (Å²) in [6, 6.07) is 8.47. The molecule has 32 heavy (non-hydrogen) atoms. The van der Waals surface area contributed by atoms with E-state index in [0.717, 1.165) is 35.4 Å². The van der Waals surface area contributed by atoms with Crippen LogP contribution in [0.2, 0.25) is 0 Å². The number of halogens is 1. The summed E-state index contributed by atoms with van der Waals surface area (Å²) in [5, 5.41) is 4.11. The molecule has 1 unspecified atom stereocenters. The van der Waals surface area contributed by atoms with Crippen molar-refractivity contribution in [3.63, 3.8) is 0 Å². The molecule has 172 valence electrons. The molecule has 0 saturated carbocycles. The van der Waals surface area contributed by atoms with E-state index in [9.17, 15) is 9.59 Å². The van der Waals surface area contributed by atoms with Gasteiger partial charge in [0.15, 0.2) is 0 Å². The molecular formula is C24H30BrN3O3S. The Hall–Kier alpha value is -1.90. The van der Waals surface area contributed by atoms with Gasteiger partial charge < -0.3 is 15.0 Å². The van der Waals surface area contributed by atoms with Crippen molar-refractivity contribution in [2.24, 2.45) is 0 Å². The average molecular weight is 520 g/mol. The Morgan fingerprint density at radius 2 is 1.94 bits per heavy atom. The maximum absolute atomic E-state index is 12.2.